The first-order chi connectivity index (χ1) is 9.95. The largest absolute Gasteiger partial charge is 0.376 e. The summed E-state index contributed by atoms with van der Waals surface area (Å²) in [5.41, 5.74) is 5.24. The van der Waals surface area contributed by atoms with Crippen molar-refractivity contribution in [3.05, 3.63) is 57.6 Å². The summed E-state index contributed by atoms with van der Waals surface area (Å²) in [6.45, 7) is 6.34. The molecule has 0 saturated heterocycles. The van der Waals surface area contributed by atoms with Gasteiger partial charge in [0.15, 0.2) is 0 Å². The summed E-state index contributed by atoms with van der Waals surface area (Å²) in [5, 5.41) is 6.02. The van der Waals surface area contributed by atoms with E-state index in [4.69, 9.17) is 0 Å². The summed E-state index contributed by atoms with van der Waals surface area (Å²) >= 11 is 3.54. The summed E-state index contributed by atoms with van der Waals surface area (Å²) in [7, 11) is 0. The molecule has 3 nitrogen and oxygen atoms in total. The fourth-order valence-electron chi connectivity index (χ4n) is 2.07. The molecule has 0 aliphatic carbocycles. The van der Waals surface area contributed by atoms with E-state index in [2.05, 4.69) is 26.6 Å². The van der Waals surface area contributed by atoms with Crippen LogP contribution in [0.1, 0.15) is 16.7 Å². The molecule has 2 aromatic carbocycles. The molecule has 0 radical (unpaired) electrons. The number of nitrogens with one attached hydrogen (secondary N) is 2. The molecule has 0 saturated carbocycles. The van der Waals surface area contributed by atoms with Crippen molar-refractivity contribution in [3.8, 4) is 0 Å². The first kappa shape index (κ1) is 15.6. The van der Waals surface area contributed by atoms with Gasteiger partial charge in [-0.1, -0.05) is 33.6 Å². The van der Waals surface area contributed by atoms with Crippen molar-refractivity contribution in [1.82, 2.24) is 0 Å². The van der Waals surface area contributed by atoms with Gasteiger partial charge in [-0.3, -0.25) is 4.79 Å². The van der Waals surface area contributed by atoms with Crippen molar-refractivity contribution in [2.24, 2.45) is 0 Å². The Morgan fingerprint density at radius 1 is 1.00 bits per heavy atom. The lowest BCUT2D eigenvalue weighted by atomic mass is 10.1. The Morgan fingerprint density at radius 2 is 1.57 bits per heavy atom. The highest BCUT2D eigenvalue weighted by Crippen LogP contribution is 2.24. The van der Waals surface area contributed by atoms with Gasteiger partial charge in [-0.2, -0.15) is 0 Å². The van der Waals surface area contributed by atoms with Gasteiger partial charge in [-0.05, 0) is 56.2 Å². The molecule has 0 spiro atoms. The summed E-state index contributed by atoms with van der Waals surface area (Å²) in [6, 6.07) is 11.8. The summed E-state index contributed by atoms with van der Waals surface area (Å²) in [4.78, 5) is 11.9. The van der Waals surface area contributed by atoms with Crippen LogP contribution >= 0.6 is 15.9 Å². The van der Waals surface area contributed by atoms with Crippen molar-refractivity contribution in [2.75, 3.05) is 17.2 Å². The van der Waals surface area contributed by atoms with Crippen molar-refractivity contribution >= 4 is 33.2 Å². The third kappa shape index (κ3) is 4.33. The molecule has 0 atom stereocenters. The molecular formula is C17H19BrN2O. The minimum Gasteiger partial charge on any atom is -0.376 e. The average molecular weight is 347 g/mol. The molecule has 0 heterocycles. The standard InChI is InChI=1S/C17H19BrN2O/c1-11-4-6-14(7-5-11)20-16(21)10-19-15-8-12(2)17(18)13(3)9-15/h4-9,19H,10H2,1-3H3,(H,20,21). The highest BCUT2D eigenvalue weighted by molar-refractivity contribution is 9.10. The van der Waals surface area contributed by atoms with Gasteiger partial charge in [0, 0.05) is 15.8 Å². The summed E-state index contributed by atoms with van der Waals surface area (Å²) in [5.74, 6) is -0.0583. The second kappa shape index (κ2) is 6.76. The van der Waals surface area contributed by atoms with Gasteiger partial charge >= 0.3 is 0 Å². The molecular weight excluding hydrogens is 328 g/mol. The van der Waals surface area contributed by atoms with Crippen molar-refractivity contribution < 1.29 is 4.79 Å². The molecule has 0 aliphatic heterocycles. The van der Waals surface area contributed by atoms with Crippen LogP contribution in [0.15, 0.2) is 40.9 Å². The third-order valence-corrected chi connectivity index (χ3v) is 4.48. The highest BCUT2D eigenvalue weighted by atomic mass is 79.9. The van der Waals surface area contributed by atoms with Gasteiger partial charge in [0.1, 0.15) is 0 Å². The lowest BCUT2D eigenvalue weighted by molar-refractivity contribution is -0.114. The predicted molar refractivity (Wildman–Crippen MR) is 91.9 cm³/mol. The second-order valence-electron chi connectivity index (χ2n) is 5.19. The summed E-state index contributed by atoms with van der Waals surface area (Å²) in [6.07, 6.45) is 0. The van der Waals surface area contributed by atoms with E-state index in [9.17, 15) is 4.79 Å². The number of aryl methyl sites for hydroxylation is 3. The molecule has 0 aromatic heterocycles. The van der Waals surface area contributed by atoms with Crippen LogP contribution in [0.5, 0.6) is 0 Å². The molecule has 2 rings (SSSR count). The number of amides is 1. The smallest absolute Gasteiger partial charge is 0.243 e. The lowest BCUT2D eigenvalue weighted by Crippen LogP contribution is -2.21. The SMILES string of the molecule is Cc1ccc(NC(=O)CNc2cc(C)c(Br)c(C)c2)cc1. The number of halogens is 1. The molecule has 0 aliphatic rings. The molecule has 0 bridgehead atoms. The summed E-state index contributed by atoms with van der Waals surface area (Å²) < 4.78 is 1.11. The minimum atomic E-state index is -0.0583. The van der Waals surface area contributed by atoms with Crippen LogP contribution in [0, 0.1) is 20.8 Å². The molecule has 0 fully saturated rings. The maximum absolute atomic E-state index is 11.9. The van der Waals surface area contributed by atoms with E-state index in [1.54, 1.807) is 0 Å². The number of rotatable bonds is 4. The molecule has 2 N–H and O–H groups in total. The monoisotopic (exact) mass is 346 g/mol. The predicted octanol–water partition coefficient (Wildman–Crippen LogP) is 4.42. The van der Waals surface area contributed by atoms with Crippen LogP contribution in [0.2, 0.25) is 0 Å². The molecule has 0 unspecified atom stereocenters. The van der Waals surface area contributed by atoms with Crippen molar-refractivity contribution in [3.63, 3.8) is 0 Å². The van der Waals surface area contributed by atoms with Crippen LogP contribution in [0.4, 0.5) is 11.4 Å². The van der Waals surface area contributed by atoms with E-state index in [1.807, 2.05) is 57.2 Å². The van der Waals surface area contributed by atoms with Crippen LogP contribution in [0.3, 0.4) is 0 Å². The van der Waals surface area contributed by atoms with Crippen LogP contribution in [-0.2, 0) is 4.79 Å². The van der Waals surface area contributed by atoms with E-state index >= 15 is 0 Å². The number of anilines is 2. The van der Waals surface area contributed by atoms with E-state index in [1.165, 1.54) is 5.56 Å². The minimum absolute atomic E-state index is 0.0583. The van der Waals surface area contributed by atoms with E-state index < -0.39 is 0 Å². The zero-order chi connectivity index (χ0) is 15.4. The van der Waals surface area contributed by atoms with Gasteiger partial charge in [0.05, 0.1) is 6.54 Å². The van der Waals surface area contributed by atoms with Gasteiger partial charge in [-0.15, -0.1) is 0 Å². The Morgan fingerprint density at radius 3 is 2.14 bits per heavy atom. The first-order valence-corrected chi connectivity index (χ1v) is 7.62. The van der Waals surface area contributed by atoms with Crippen molar-refractivity contribution in [1.29, 1.82) is 0 Å². The quantitative estimate of drug-likeness (QED) is 0.859. The highest BCUT2D eigenvalue weighted by Gasteiger charge is 2.05. The van der Waals surface area contributed by atoms with Gasteiger partial charge in [0.25, 0.3) is 0 Å². The van der Waals surface area contributed by atoms with Crippen LogP contribution in [-0.4, -0.2) is 12.5 Å². The van der Waals surface area contributed by atoms with E-state index in [0.717, 1.165) is 27.0 Å². The number of benzene rings is 2. The maximum atomic E-state index is 11.9. The lowest BCUT2D eigenvalue weighted by Gasteiger charge is -2.11. The fourth-order valence-corrected chi connectivity index (χ4v) is 2.30. The zero-order valence-corrected chi connectivity index (χ0v) is 14.0. The van der Waals surface area contributed by atoms with E-state index in [-0.39, 0.29) is 12.5 Å². The molecule has 2 aromatic rings. The van der Waals surface area contributed by atoms with Crippen LogP contribution in [0.25, 0.3) is 0 Å². The third-order valence-electron chi connectivity index (χ3n) is 3.22. The Bertz CT molecular complexity index is 627. The zero-order valence-electron chi connectivity index (χ0n) is 12.5. The number of hydrogen-bond acceptors (Lipinski definition) is 2. The Balaban J connectivity index is 1.93. The van der Waals surface area contributed by atoms with Gasteiger partial charge < -0.3 is 10.6 Å². The van der Waals surface area contributed by atoms with Crippen LogP contribution < -0.4 is 10.6 Å². The van der Waals surface area contributed by atoms with E-state index in [0.29, 0.717) is 0 Å². The topological polar surface area (TPSA) is 41.1 Å². The molecule has 110 valence electrons. The molecule has 1 amide bonds. The van der Waals surface area contributed by atoms with Gasteiger partial charge in [-0.25, -0.2) is 0 Å². The number of hydrogen-bond donors (Lipinski definition) is 2. The Labute approximate surface area is 133 Å². The number of carbonyl (C=O) groups excluding carboxylic acids is 1. The maximum Gasteiger partial charge on any atom is 0.243 e. The Hall–Kier alpha value is -1.81. The fraction of sp³-hybridized carbons (Fsp3) is 0.235. The normalized spacial score (nSPS) is 10.3. The number of carbonyl (C=O) groups is 1. The second-order valence-corrected chi connectivity index (χ2v) is 5.98. The molecule has 4 heteroatoms. The Kier molecular flexibility index (Phi) is 5.02. The van der Waals surface area contributed by atoms with Crippen molar-refractivity contribution in [2.45, 2.75) is 20.8 Å². The average Bonchev–Trinajstić information content (AvgIpc) is 2.45. The molecule has 21 heavy (non-hydrogen) atoms. The first-order valence-electron chi connectivity index (χ1n) is 6.83. The van der Waals surface area contributed by atoms with Gasteiger partial charge in [0.2, 0.25) is 5.91 Å².